The molecule has 2 bridgehead atoms. The lowest BCUT2D eigenvalue weighted by molar-refractivity contribution is -0.168. The topological polar surface area (TPSA) is 72.7 Å². The van der Waals surface area contributed by atoms with Gasteiger partial charge in [-0.05, 0) is 12.8 Å². The van der Waals surface area contributed by atoms with Gasteiger partial charge in [0.1, 0.15) is 11.8 Å². The molecule has 0 aliphatic carbocycles. The second-order valence-corrected chi connectivity index (χ2v) is 4.01. The van der Waals surface area contributed by atoms with Gasteiger partial charge >= 0.3 is 0 Å². The van der Waals surface area contributed by atoms with Crippen molar-refractivity contribution in [2.45, 2.75) is 43.7 Å². The summed E-state index contributed by atoms with van der Waals surface area (Å²) in [6, 6.07) is 0.147. The van der Waals surface area contributed by atoms with Crippen LogP contribution in [0.2, 0.25) is 0 Å². The van der Waals surface area contributed by atoms with Gasteiger partial charge < -0.3 is 15.3 Å². The molecule has 5 atom stereocenters. The highest BCUT2D eigenvalue weighted by Crippen LogP contribution is 2.37. The Balaban J connectivity index is 2.25. The zero-order chi connectivity index (χ0) is 8.93. The van der Waals surface area contributed by atoms with E-state index in [1.54, 1.807) is 0 Å². The molecule has 70 valence electrons. The summed E-state index contributed by atoms with van der Waals surface area (Å²) in [6.45, 7) is 1.89. The summed E-state index contributed by atoms with van der Waals surface area (Å²) < 4.78 is 0. The number of rotatable bonds is 0. The van der Waals surface area contributed by atoms with E-state index >= 15 is 0 Å². The highest BCUT2D eigenvalue weighted by molar-refractivity contribution is 5.05. The van der Waals surface area contributed by atoms with E-state index in [9.17, 15) is 15.3 Å². The van der Waals surface area contributed by atoms with Crippen LogP contribution in [0.25, 0.3) is 0 Å². The largest absolute Gasteiger partial charge is 0.390 e. The lowest BCUT2D eigenvalue weighted by Crippen LogP contribution is -2.64. The maximum atomic E-state index is 9.76. The third-order valence-electron chi connectivity index (χ3n) is 3.26. The fourth-order valence-corrected chi connectivity index (χ4v) is 2.28. The molecule has 2 saturated heterocycles. The van der Waals surface area contributed by atoms with Gasteiger partial charge in [0, 0.05) is 12.0 Å². The number of fused-ring (bicyclic) bond motifs is 2. The summed E-state index contributed by atoms with van der Waals surface area (Å²) in [5.74, 6) is 0.0165. The minimum absolute atomic E-state index is 0.0165. The van der Waals surface area contributed by atoms with Crippen molar-refractivity contribution in [3.8, 4) is 0 Å². The van der Waals surface area contributed by atoms with Gasteiger partial charge in [0.2, 0.25) is 0 Å². The summed E-state index contributed by atoms with van der Waals surface area (Å²) in [5, 5.41) is 31.8. The maximum absolute atomic E-state index is 9.76. The lowest BCUT2D eigenvalue weighted by atomic mass is 9.87. The first-order valence-electron chi connectivity index (χ1n) is 4.41. The first-order chi connectivity index (χ1) is 5.54. The summed E-state index contributed by atoms with van der Waals surface area (Å²) in [5.41, 5.74) is -1.24. The third kappa shape index (κ3) is 0.925. The van der Waals surface area contributed by atoms with E-state index in [-0.39, 0.29) is 12.0 Å². The van der Waals surface area contributed by atoms with E-state index in [1.165, 1.54) is 0 Å². The van der Waals surface area contributed by atoms with Gasteiger partial charge in [0.25, 0.3) is 0 Å². The molecule has 2 rings (SSSR count). The van der Waals surface area contributed by atoms with Crippen LogP contribution in [-0.2, 0) is 0 Å². The number of aliphatic hydroxyl groups is 3. The molecule has 0 spiro atoms. The molecule has 2 aliphatic heterocycles. The molecule has 0 aromatic heterocycles. The van der Waals surface area contributed by atoms with Gasteiger partial charge in [-0.2, -0.15) is 0 Å². The van der Waals surface area contributed by atoms with Gasteiger partial charge in [-0.25, -0.2) is 0 Å². The van der Waals surface area contributed by atoms with Crippen molar-refractivity contribution >= 4 is 0 Å². The van der Waals surface area contributed by atoms with Crippen molar-refractivity contribution in [3.63, 3.8) is 0 Å². The Bertz CT molecular complexity index is 199. The molecule has 2 aliphatic rings. The first kappa shape index (κ1) is 8.44. The van der Waals surface area contributed by atoms with E-state index in [0.717, 1.165) is 6.42 Å². The van der Waals surface area contributed by atoms with E-state index in [0.29, 0.717) is 6.42 Å². The second kappa shape index (κ2) is 2.42. The summed E-state index contributed by atoms with van der Waals surface area (Å²) in [7, 11) is 0. The summed E-state index contributed by atoms with van der Waals surface area (Å²) in [4.78, 5) is 0. The second-order valence-electron chi connectivity index (χ2n) is 4.01. The van der Waals surface area contributed by atoms with Gasteiger partial charge in [0.15, 0.2) is 0 Å². The van der Waals surface area contributed by atoms with Crippen molar-refractivity contribution < 1.29 is 15.3 Å². The van der Waals surface area contributed by atoms with Gasteiger partial charge in [0.05, 0.1) is 6.10 Å². The monoisotopic (exact) mass is 173 g/mol. The highest BCUT2D eigenvalue weighted by atomic mass is 16.4. The van der Waals surface area contributed by atoms with Crippen LogP contribution in [0, 0.1) is 5.92 Å². The molecular formula is C8H15NO3. The minimum Gasteiger partial charge on any atom is -0.390 e. The average molecular weight is 173 g/mol. The van der Waals surface area contributed by atoms with Crippen molar-refractivity contribution in [3.05, 3.63) is 0 Å². The smallest absolute Gasteiger partial charge is 0.144 e. The van der Waals surface area contributed by atoms with Crippen molar-refractivity contribution in [1.82, 2.24) is 5.32 Å². The molecule has 0 radical (unpaired) electrons. The third-order valence-corrected chi connectivity index (χ3v) is 3.26. The Morgan fingerprint density at radius 3 is 2.75 bits per heavy atom. The lowest BCUT2D eigenvalue weighted by Gasteiger charge is -2.41. The number of nitrogens with one attached hydrogen (secondary N) is 1. The SMILES string of the molecule is CC1C2CCC(O)(N2)C(O)C1O. The minimum atomic E-state index is -1.24. The molecule has 4 N–H and O–H groups in total. The maximum Gasteiger partial charge on any atom is 0.144 e. The summed E-state index contributed by atoms with van der Waals surface area (Å²) in [6.07, 6.45) is -0.499. The van der Waals surface area contributed by atoms with Crippen LogP contribution in [0.5, 0.6) is 0 Å². The Morgan fingerprint density at radius 2 is 2.08 bits per heavy atom. The van der Waals surface area contributed by atoms with Crippen LogP contribution < -0.4 is 5.32 Å². The molecule has 2 fully saturated rings. The number of aliphatic hydroxyl groups excluding tert-OH is 2. The zero-order valence-electron chi connectivity index (χ0n) is 7.07. The van der Waals surface area contributed by atoms with E-state index in [1.807, 2.05) is 6.92 Å². The van der Waals surface area contributed by atoms with Crippen molar-refractivity contribution in [2.24, 2.45) is 5.92 Å². The van der Waals surface area contributed by atoms with E-state index in [2.05, 4.69) is 5.32 Å². The number of piperidine rings is 1. The molecule has 0 saturated carbocycles. The van der Waals surface area contributed by atoms with Crippen LogP contribution >= 0.6 is 0 Å². The molecule has 0 aromatic carbocycles. The standard InChI is InChI=1S/C8H15NO3/c1-4-5-2-3-8(12,9-5)7(11)6(4)10/h4-7,9-12H,2-3H2,1H3. The Labute approximate surface area is 71.2 Å². The molecular weight excluding hydrogens is 158 g/mol. The molecule has 12 heavy (non-hydrogen) atoms. The average Bonchev–Trinajstić information content (AvgIpc) is 2.41. The van der Waals surface area contributed by atoms with E-state index in [4.69, 9.17) is 0 Å². The van der Waals surface area contributed by atoms with Gasteiger partial charge in [-0.3, -0.25) is 5.32 Å². The molecule has 4 heteroatoms. The Kier molecular flexibility index (Phi) is 1.70. The predicted octanol–water partition coefficient (Wildman–Crippen LogP) is -1.20. The van der Waals surface area contributed by atoms with Crippen molar-refractivity contribution in [1.29, 1.82) is 0 Å². The highest BCUT2D eigenvalue weighted by Gasteiger charge is 2.53. The first-order valence-corrected chi connectivity index (χ1v) is 4.41. The van der Waals surface area contributed by atoms with Crippen LogP contribution in [0.4, 0.5) is 0 Å². The molecule has 4 nitrogen and oxygen atoms in total. The Hall–Kier alpha value is -0.160. The van der Waals surface area contributed by atoms with Crippen LogP contribution in [0.15, 0.2) is 0 Å². The van der Waals surface area contributed by atoms with Crippen LogP contribution in [0.1, 0.15) is 19.8 Å². The fraction of sp³-hybridized carbons (Fsp3) is 1.00. The molecule has 0 aromatic rings. The van der Waals surface area contributed by atoms with Crippen LogP contribution in [0.3, 0.4) is 0 Å². The molecule has 5 unspecified atom stereocenters. The zero-order valence-corrected chi connectivity index (χ0v) is 7.07. The van der Waals surface area contributed by atoms with Gasteiger partial charge in [-0.1, -0.05) is 6.92 Å². The van der Waals surface area contributed by atoms with Gasteiger partial charge in [-0.15, -0.1) is 0 Å². The molecule has 2 heterocycles. The van der Waals surface area contributed by atoms with Crippen LogP contribution in [-0.4, -0.2) is 39.3 Å². The fourth-order valence-electron chi connectivity index (χ4n) is 2.28. The van der Waals surface area contributed by atoms with Crippen molar-refractivity contribution in [2.75, 3.05) is 0 Å². The number of hydrogen-bond donors (Lipinski definition) is 4. The van der Waals surface area contributed by atoms with E-state index < -0.39 is 17.9 Å². The normalized spacial score (nSPS) is 59.0. The number of hydrogen-bond acceptors (Lipinski definition) is 4. The predicted molar refractivity (Wildman–Crippen MR) is 42.3 cm³/mol. The molecule has 0 amide bonds. The summed E-state index contributed by atoms with van der Waals surface area (Å²) >= 11 is 0. The quantitative estimate of drug-likeness (QED) is 0.371. The Morgan fingerprint density at radius 1 is 1.42 bits per heavy atom.